The van der Waals surface area contributed by atoms with Crippen LogP contribution in [0.4, 0.5) is 0 Å². The zero-order valence-electron chi connectivity index (χ0n) is 33.6. The van der Waals surface area contributed by atoms with E-state index in [1.807, 2.05) is 38.1 Å². The summed E-state index contributed by atoms with van der Waals surface area (Å²) in [7, 11) is 0. The van der Waals surface area contributed by atoms with Gasteiger partial charge in [0.25, 0.3) is 0 Å². The smallest absolute Gasteiger partial charge is 0.338 e. The molecule has 2 aromatic rings. The number of carbonyl (C=O) groups excluding carboxylic acids is 2. The van der Waals surface area contributed by atoms with Gasteiger partial charge in [0, 0.05) is 35.3 Å². The average molecular weight is 815 g/mol. The molecule has 0 radical (unpaired) electrons. The Balaban J connectivity index is 1.14. The van der Waals surface area contributed by atoms with Gasteiger partial charge in [-0.15, -0.1) is 0 Å². The van der Waals surface area contributed by atoms with Crippen LogP contribution in [0, 0.1) is 41.4 Å². The fourth-order valence-electron chi connectivity index (χ4n) is 13.3. The summed E-state index contributed by atoms with van der Waals surface area (Å²) in [5.41, 5.74) is -8.50. The maximum Gasteiger partial charge on any atom is 0.338 e. The highest BCUT2D eigenvalue weighted by molar-refractivity contribution is 5.89. The zero-order valence-corrected chi connectivity index (χ0v) is 33.6. The summed E-state index contributed by atoms with van der Waals surface area (Å²) in [6, 6.07) is 17.7. The average Bonchev–Trinajstić information content (AvgIpc) is 3.79. The van der Waals surface area contributed by atoms with Crippen LogP contribution >= 0.6 is 0 Å². The van der Waals surface area contributed by atoms with Crippen LogP contribution in [-0.4, -0.2) is 109 Å². The lowest BCUT2D eigenvalue weighted by atomic mass is 9.49. The Morgan fingerprint density at radius 2 is 1.58 bits per heavy atom. The predicted molar refractivity (Wildman–Crippen MR) is 207 cm³/mol. The number of hydrogen-bond acceptors (Lipinski definition) is 13. The monoisotopic (exact) mass is 814 g/mol. The Kier molecular flexibility index (Phi) is 8.90. The number of aliphatic hydroxyl groups is 5. The van der Waals surface area contributed by atoms with E-state index in [2.05, 4.69) is 6.92 Å². The van der Waals surface area contributed by atoms with Gasteiger partial charge in [-0.2, -0.15) is 0 Å². The van der Waals surface area contributed by atoms with Crippen molar-refractivity contribution in [3.63, 3.8) is 0 Å². The highest BCUT2D eigenvalue weighted by Crippen LogP contribution is 2.75. The van der Waals surface area contributed by atoms with Crippen molar-refractivity contribution in [3.8, 4) is 0 Å². The molecular formula is C46H54O13. The molecule has 13 nitrogen and oxygen atoms in total. The van der Waals surface area contributed by atoms with E-state index in [1.54, 1.807) is 55.5 Å². The van der Waals surface area contributed by atoms with E-state index in [0.29, 0.717) is 24.0 Å². The Hall–Kier alpha value is -3.50. The number of epoxide rings is 1. The van der Waals surface area contributed by atoms with Crippen molar-refractivity contribution in [2.24, 2.45) is 41.4 Å². The Morgan fingerprint density at radius 3 is 2.29 bits per heavy atom. The Morgan fingerprint density at radius 1 is 0.881 bits per heavy atom. The molecule has 10 aliphatic rings. The lowest BCUT2D eigenvalue weighted by Gasteiger charge is -2.74. The number of carbonyl (C=O) groups is 2. The van der Waals surface area contributed by atoms with Gasteiger partial charge in [0.05, 0.1) is 23.4 Å². The second-order valence-electron chi connectivity index (χ2n) is 19.0. The number of fused-ring (bicyclic) bond motifs is 6. The minimum absolute atomic E-state index is 0.102. The van der Waals surface area contributed by atoms with Crippen LogP contribution in [-0.2, 0) is 39.2 Å². The van der Waals surface area contributed by atoms with Gasteiger partial charge in [-0.3, -0.25) is 0 Å². The van der Waals surface area contributed by atoms with Gasteiger partial charge in [0.2, 0.25) is 0 Å². The van der Waals surface area contributed by atoms with Crippen molar-refractivity contribution in [1.82, 2.24) is 0 Å². The molecule has 4 aliphatic carbocycles. The molecule has 0 amide bonds. The third-order valence-corrected chi connectivity index (χ3v) is 16.2. The Bertz CT molecular complexity index is 2060. The van der Waals surface area contributed by atoms with Gasteiger partial charge in [-0.05, 0) is 68.6 Å². The number of benzene rings is 2. The number of hydrogen-bond donors (Lipinski definition) is 5. The van der Waals surface area contributed by atoms with Crippen LogP contribution in [0.3, 0.4) is 0 Å². The molecule has 2 aromatic carbocycles. The maximum absolute atomic E-state index is 13.7. The van der Waals surface area contributed by atoms with E-state index < -0.39 is 113 Å². The van der Waals surface area contributed by atoms with Crippen LogP contribution in [0.15, 0.2) is 85.0 Å². The van der Waals surface area contributed by atoms with Gasteiger partial charge < -0.3 is 54.0 Å². The molecular weight excluding hydrogens is 760 g/mol. The summed E-state index contributed by atoms with van der Waals surface area (Å²) in [6.07, 6.45) is 0.608. The molecule has 6 heterocycles. The zero-order chi connectivity index (χ0) is 41.5. The summed E-state index contributed by atoms with van der Waals surface area (Å²) in [5, 5.41) is 63.4. The lowest BCUT2D eigenvalue weighted by Crippen LogP contribution is -2.89. The lowest BCUT2D eigenvalue weighted by molar-refractivity contribution is -0.595. The number of esters is 2. The molecule has 59 heavy (non-hydrogen) atoms. The highest BCUT2D eigenvalue weighted by atomic mass is 16.9. The van der Waals surface area contributed by atoms with Crippen LogP contribution in [0.5, 0.6) is 0 Å². The number of rotatable bonds is 4. The van der Waals surface area contributed by atoms with E-state index in [0.717, 1.165) is 0 Å². The van der Waals surface area contributed by atoms with E-state index in [4.69, 9.17) is 28.4 Å². The third kappa shape index (κ3) is 5.17. The summed E-state index contributed by atoms with van der Waals surface area (Å²) in [4.78, 5) is 27.2. The third-order valence-electron chi connectivity index (χ3n) is 16.2. The Labute approximate surface area is 342 Å². The molecule has 0 aromatic heterocycles. The van der Waals surface area contributed by atoms with E-state index in [1.165, 1.54) is 12.2 Å². The molecule has 316 valence electrons. The first-order chi connectivity index (χ1) is 28.1. The molecule has 5 N–H and O–H groups in total. The first-order valence-corrected chi connectivity index (χ1v) is 21.2. The molecule has 12 rings (SSSR count). The SMILES string of the molecule is C[C@H]1[C@@H]2CC[C@@H]1[C@H](OC(=O)c1ccccc1)/C=C\C=C\C(=O)O[C@H]1[C@@H](C)C[C@@H]3[C@]1(O)[C@H](O)[C@@]1(CO)O[C@H]1[C@H]1[C@H]4OC5(c6ccccc6)O[C@@H]([C@@H](C)[C@@]13O5)[C@@]4(O)[C@](C)(O)C2. The minimum Gasteiger partial charge on any atom is -0.456 e. The summed E-state index contributed by atoms with van der Waals surface area (Å²) in [6.45, 7) is 6.66. The normalized spacial score (nSPS) is 52.8. The molecule has 1 spiro atoms. The minimum atomic E-state index is -2.22. The quantitative estimate of drug-likeness (QED) is 0.223. The van der Waals surface area contributed by atoms with Crippen LogP contribution in [0.1, 0.15) is 69.3 Å². The van der Waals surface area contributed by atoms with Crippen molar-refractivity contribution in [2.75, 3.05) is 6.61 Å². The molecule has 11 bridgehead atoms. The van der Waals surface area contributed by atoms with Crippen LogP contribution in [0.2, 0.25) is 0 Å². The van der Waals surface area contributed by atoms with Gasteiger partial charge in [0.15, 0.2) is 0 Å². The molecule has 13 heteroatoms. The predicted octanol–water partition coefficient (Wildman–Crippen LogP) is 3.31. The summed E-state index contributed by atoms with van der Waals surface area (Å²) in [5.74, 6) is -6.79. The summed E-state index contributed by atoms with van der Waals surface area (Å²) >= 11 is 0. The van der Waals surface area contributed by atoms with Gasteiger partial charge in [-0.1, -0.05) is 81.5 Å². The van der Waals surface area contributed by atoms with E-state index in [-0.39, 0.29) is 30.6 Å². The van der Waals surface area contributed by atoms with E-state index in [9.17, 15) is 35.1 Å². The molecule has 6 aliphatic heterocycles. The topological polar surface area (TPSA) is 194 Å². The van der Waals surface area contributed by atoms with Crippen LogP contribution in [0.25, 0.3) is 0 Å². The van der Waals surface area contributed by atoms with Crippen molar-refractivity contribution >= 4 is 11.9 Å². The molecule has 1 unspecified atom stereocenters. The number of ether oxygens (including phenoxy) is 6. The van der Waals surface area contributed by atoms with Crippen LogP contribution < -0.4 is 0 Å². The maximum atomic E-state index is 13.7. The fraction of sp³-hybridized carbons (Fsp3) is 0.609. The van der Waals surface area contributed by atoms with Crippen molar-refractivity contribution in [1.29, 1.82) is 0 Å². The first-order valence-electron chi connectivity index (χ1n) is 21.2. The molecule has 8 fully saturated rings. The van der Waals surface area contributed by atoms with Gasteiger partial charge in [-0.25, -0.2) is 9.59 Å². The van der Waals surface area contributed by atoms with Gasteiger partial charge >= 0.3 is 17.9 Å². The fourth-order valence-corrected chi connectivity index (χ4v) is 13.3. The molecule has 4 saturated heterocycles. The van der Waals surface area contributed by atoms with Crippen molar-refractivity contribution in [2.45, 2.75) is 124 Å². The highest BCUT2D eigenvalue weighted by Gasteiger charge is 2.91. The van der Waals surface area contributed by atoms with Crippen molar-refractivity contribution in [3.05, 3.63) is 96.1 Å². The standard InChI is InChI=1S/C46H54O13/c1-24-21-32-43(52)35(24)55-33(48)18-12-11-17-31(54-39(49)27-13-7-5-8-14-27)30-20-19-28(25(30)2)22-41(4,51)45(53)36-26(3)44(32)34(37-42(23-47,56-37)40(43)50)38(45)58-46(57-36,59-44)29-15-9-6-10-16-29/h5-18,24-26,28,30-32,34-38,40,47,50-53H,19-23H2,1-4H3/b17-11-,18-12+/t24-,25-,26+,28+,30-,31+,32+,34-,35-,36-,37-,38+,40+,41+,42-,43+,44-,45-,46?/m0/s1. The molecule has 4 saturated carbocycles. The first kappa shape index (κ1) is 39.6. The van der Waals surface area contributed by atoms with Gasteiger partial charge in [0.1, 0.15) is 53.4 Å². The number of allylic oxidation sites excluding steroid dienone is 2. The van der Waals surface area contributed by atoms with Crippen molar-refractivity contribution < 1.29 is 63.5 Å². The van der Waals surface area contributed by atoms with E-state index >= 15 is 0 Å². The largest absolute Gasteiger partial charge is 0.456 e. The second-order valence-corrected chi connectivity index (χ2v) is 19.0. The number of aliphatic hydroxyl groups excluding tert-OH is 2. The molecule has 19 atom stereocenters. The summed E-state index contributed by atoms with van der Waals surface area (Å²) < 4.78 is 39.7. The second kappa shape index (κ2) is 13.3.